The van der Waals surface area contributed by atoms with Gasteiger partial charge < -0.3 is 20.1 Å². The molecule has 0 aromatic carbocycles. The van der Waals surface area contributed by atoms with Crippen LogP contribution in [0.1, 0.15) is 264 Å². The van der Waals surface area contributed by atoms with Crippen molar-refractivity contribution in [3.8, 4) is 0 Å². The number of hydrogen-bond donors (Lipinski definition) is 2. The van der Waals surface area contributed by atoms with Crippen molar-refractivity contribution in [2.45, 2.75) is 270 Å². The second-order valence-electron chi connectivity index (χ2n) is 17.4. The van der Waals surface area contributed by atoms with Gasteiger partial charge in [-0.25, -0.2) is 4.57 Å². The van der Waals surface area contributed by atoms with Gasteiger partial charge in [-0.2, -0.15) is 0 Å². The molecule has 8 nitrogen and oxygen atoms in total. The predicted octanol–water partition coefficient (Wildman–Crippen LogP) is 15.8. The number of phosphoric acid groups is 1. The fourth-order valence-corrected chi connectivity index (χ4v) is 8.41. The Kier molecular flexibility index (Phi) is 47.7. The maximum absolute atomic E-state index is 12.6. The van der Waals surface area contributed by atoms with Gasteiger partial charge in [0, 0.05) is 19.6 Å². The molecule has 0 radical (unpaired) electrons. The highest BCUT2D eigenvalue weighted by atomic mass is 31.2. The van der Waals surface area contributed by atoms with Gasteiger partial charge in [-0.1, -0.05) is 231 Å². The summed E-state index contributed by atoms with van der Waals surface area (Å²) < 4.78 is 33.6. The third-order valence-corrected chi connectivity index (χ3v) is 12.4. The number of carbonyl (C=O) groups excluding carboxylic acids is 1. The van der Waals surface area contributed by atoms with Crippen LogP contribution in [0.25, 0.3) is 0 Å². The lowest BCUT2D eigenvalue weighted by molar-refractivity contribution is -0.154. The average molecular weight is 858 g/mol. The SMILES string of the molecule is CCCCCCCCCC/C=C\CCCCCCCCCCCCOCC(COP(=O)(O)OCCN)OC(=O)CCCCCCCCCCCCCCCCCCCC. The number of unbranched alkanes of at least 4 members (excludes halogenated alkanes) is 35. The topological polar surface area (TPSA) is 117 Å². The van der Waals surface area contributed by atoms with Crippen LogP contribution in [0.15, 0.2) is 12.2 Å². The third kappa shape index (κ3) is 48.1. The molecule has 0 fully saturated rings. The summed E-state index contributed by atoms with van der Waals surface area (Å²) in [6.45, 7) is 4.99. The molecule has 0 aliphatic rings. The minimum absolute atomic E-state index is 0.0919. The molecular weight excluding hydrogens is 758 g/mol. The molecule has 0 saturated heterocycles. The van der Waals surface area contributed by atoms with Crippen molar-refractivity contribution in [3.05, 3.63) is 12.2 Å². The van der Waals surface area contributed by atoms with E-state index in [1.54, 1.807) is 0 Å². The van der Waals surface area contributed by atoms with Gasteiger partial charge in [-0.15, -0.1) is 0 Å². The lowest BCUT2D eigenvalue weighted by Gasteiger charge is -2.20. The van der Waals surface area contributed by atoms with E-state index in [2.05, 4.69) is 26.0 Å². The smallest absolute Gasteiger partial charge is 0.457 e. The van der Waals surface area contributed by atoms with Gasteiger partial charge in [-0.05, 0) is 38.5 Å². The normalized spacial score (nSPS) is 13.4. The van der Waals surface area contributed by atoms with Crippen molar-refractivity contribution in [1.29, 1.82) is 0 Å². The highest BCUT2D eigenvalue weighted by Crippen LogP contribution is 2.43. The van der Waals surface area contributed by atoms with Crippen molar-refractivity contribution in [2.24, 2.45) is 5.73 Å². The molecule has 0 rings (SSSR count). The molecule has 0 aromatic rings. The number of phosphoric ester groups is 1. The van der Waals surface area contributed by atoms with Gasteiger partial charge in [0.05, 0.1) is 19.8 Å². The monoisotopic (exact) mass is 858 g/mol. The number of carbonyl (C=O) groups is 1. The molecule has 0 heterocycles. The Morgan fingerprint density at radius 2 is 0.847 bits per heavy atom. The minimum Gasteiger partial charge on any atom is -0.457 e. The number of rotatable bonds is 50. The molecule has 2 atom stereocenters. The zero-order valence-corrected chi connectivity index (χ0v) is 40.2. The van der Waals surface area contributed by atoms with Gasteiger partial charge in [0.15, 0.2) is 0 Å². The Bertz CT molecular complexity index is 920. The van der Waals surface area contributed by atoms with Crippen LogP contribution >= 0.6 is 7.82 Å². The summed E-state index contributed by atoms with van der Waals surface area (Å²) in [5.41, 5.74) is 5.39. The highest BCUT2D eigenvalue weighted by molar-refractivity contribution is 7.47. The average Bonchev–Trinajstić information content (AvgIpc) is 3.23. The molecule has 0 spiro atoms. The van der Waals surface area contributed by atoms with E-state index in [1.165, 1.54) is 212 Å². The second kappa shape index (κ2) is 48.3. The first-order valence-electron chi connectivity index (χ1n) is 25.7. The van der Waals surface area contributed by atoms with Crippen LogP contribution in [0.3, 0.4) is 0 Å². The molecule has 0 aliphatic carbocycles. The Hall–Kier alpha value is -0.760. The van der Waals surface area contributed by atoms with E-state index in [0.717, 1.165) is 32.1 Å². The summed E-state index contributed by atoms with van der Waals surface area (Å²) in [6.07, 6.45) is 53.9. The first-order chi connectivity index (χ1) is 28.9. The molecule has 0 bridgehead atoms. The summed E-state index contributed by atoms with van der Waals surface area (Å²) >= 11 is 0. The molecular formula is C50H100NO7P. The number of allylic oxidation sites excluding steroid dienone is 2. The first kappa shape index (κ1) is 58.2. The molecule has 2 unspecified atom stereocenters. The van der Waals surface area contributed by atoms with Crippen molar-refractivity contribution in [2.75, 3.05) is 33.0 Å². The lowest BCUT2D eigenvalue weighted by Crippen LogP contribution is -2.28. The maximum atomic E-state index is 12.6. The minimum atomic E-state index is -4.28. The molecule has 3 N–H and O–H groups in total. The van der Waals surface area contributed by atoms with Crippen LogP contribution in [0.4, 0.5) is 0 Å². The van der Waals surface area contributed by atoms with Crippen molar-refractivity contribution < 1.29 is 32.8 Å². The second-order valence-corrected chi connectivity index (χ2v) is 18.8. The zero-order valence-electron chi connectivity index (χ0n) is 39.3. The quantitative estimate of drug-likeness (QED) is 0.0269. The van der Waals surface area contributed by atoms with Crippen LogP contribution in [-0.2, 0) is 27.9 Å². The van der Waals surface area contributed by atoms with Crippen LogP contribution in [0, 0.1) is 0 Å². The Balaban J connectivity index is 3.90. The van der Waals surface area contributed by atoms with E-state index < -0.39 is 13.9 Å². The standard InChI is InChI=1S/C50H100NO7P/c1-3-5-7-9-11-13-15-17-19-21-23-24-25-26-28-30-32-34-36-38-40-42-45-55-47-49(48-57-59(53,54)56-46-44-51)58-50(52)43-41-39-37-35-33-31-29-27-22-20-18-16-14-12-10-8-6-4-2/h21,23,49H,3-20,22,24-48,51H2,1-2H3,(H,53,54)/b23-21-. The van der Waals surface area contributed by atoms with Crippen LogP contribution in [0.5, 0.6) is 0 Å². The third-order valence-electron chi connectivity index (χ3n) is 11.4. The van der Waals surface area contributed by atoms with Gasteiger partial charge in [0.25, 0.3) is 0 Å². The summed E-state index contributed by atoms with van der Waals surface area (Å²) in [4.78, 5) is 22.6. The van der Waals surface area contributed by atoms with Crippen molar-refractivity contribution in [1.82, 2.24) is 0 Å². The molecule has 352 valence electrons. The van der Waals surface area contributed by atoms with E-state index in [4.69, 9.17) is 24.3 Å². The summed E-state index contributed by atoms with van der Waals surface area (Å²) in [5, 5.41) is 0. The van der Waals surface area contributed by atoms with E-state index in [-0.39, 0.29) is 32.3 Å². The van der Waals surface area contributed by atoms with Crippen molar-refractivity contribution in [3.63, 3.8) is 0 Å². The predicted molar refractivity (Wildman–Crippen MR) is 252 cm³/mol. The number of esters is 1. The number of hydrogen-bond acceptors (Lipinski definition) is 7. The van der Waals surface area contributed by atoms with Gasteiger partial charge in [0.2, 0.25) is 0 Å². The maximum Gasteiger partial charge on any atom is 0.472 e. The van der Waals surface area contributed by atoms with E-state index in [0.29, 0.717) is 13.0 Å². The van der Waals surface area contributed by atoms with Crippen molar-refractivity contribution >= 4 is 13.8 Å². The van der Waals surface area contributed by atoms with E-state index >= 15 is 0 Å². The number of ether oxygens (including phenoxy) is 2. The van der Waals surface area contributed by atoms with Crippen LogP contribution in [0.2, 0.25) is 0 Å². The zero-order chi connectivity index (χ0) is 43.0. The van der Waals surface area contributed by atoms with Gasteiger partial charge >= 0.3 is 13.8 Å². The van der Waals surface area contributed by atoms with E-state index in [9.17, 15) is 14.3 Å². The van der Waals surface area contributed by atoms with Crippen LogP contribution in [-0.4, -0.2) is 49.9 Å². The molecule has 0 amide bonds. The first-order valence-corrected chi connectivity index (χ1v) is 27.2. The van der Waals surface area contributed by atoms with Gasteiger partial charge in [0.1, 0.15) is 6.10 Å². The molecule has 9 heteroatoms. The number of nitrogens with two attached hydrogens (primary N) is 1. The Labute approximate surface area is 366 Å². The summed E-state index contributed by atoms with van der Waals surface area (Å²) in [5.74, 6) is -0.324. The fraction of sp³-hybridized carbons (Fsp3) is 0.940. The largest absolute Gasteiger partial charge is 0.472 e. The van der Waals surface area contributed by atoms with Gasteiger partial charge in [-0.3, -0.25) is 13.8 Å². The highest BCUT2D eigenvalue weighted by Gasteiger charge is 2.25. The molecule has 0 aliphatic heterocycles. The van der Waals surface area contributed by atoms with E-state index in [1.807, 2.05) is 0 Å². The molecule has 59 heavy (non-hydrogen) atoms. The Morgan fingerprint density at radius 1 is 0.492 bits per heavy atom. The molecule has 0 aromatic heterocycles. The van der Waals surface area contributed by atoms with Crippen LogP contribution < -0.4 is 5.73 Å². The summed E-state index contributed by atoms with van der Waals surface area (Å²) in [6, 6.07) is 0. The fourth-order valence-electron chi connectivity index (χ4n) is 7.64. The molecule has 0 saturated carbocycles. The lowest BCUT2D eigenvalue weighted by atomic mass is 10.0. The Morgan fingerprint density at radius 3 is 1.24 bits per heavy atom. The summed E-state index contributed by atoms with van der Waals surface area (Å²) in [7, 11) is -4.28.